The van der Waals surface area contributed by atoms with E-state index in [1.54, 1.807) is 13.4 Å². The lowest BCUT2D eigenvalue weighted by Crippen LogP contribution is -2.45. The predicted octanol–water partition coefficient (Wildman–Crippen LogP) is 5.38. The molecule has 0 aliphatic heterocycles. The molecule has 1 fully saturated rings. The molecule has 1 heterocycles. The zero-order valence-corrected chi connectivity index (χ0v) is 15.7. The van der Waals surface area contributed by atoms with Gasteiger partial charge in [-0.3, -0.25) is 0 Å². The number of anilines is 1. The summed E-state index contributed by atoms with van der Waals surface area (Å²) in [4.78, 5) is 2.31. The largest absolute Gasteiger partial charge is 0.497 e. The van der Waals surface area contributed by atoms with Crippen molar-refractivity contribution in [3.63, 3.8) is 0 Å². The summed E-state index contributed by atoms with van der Waals surface area (Å²) in [6.45, 7) is 2.16. The van der Waals surface area contributed by atoms with Crippen LogP contribution in [0.15, 0.2) is 47.1 Å². The highest BCUT2D eigenvalue weighted by molar-refractivity contribution is 7.80. The van der Waals surface area contributed by atoms with Crippen LogP contribution in [0.3, 0.4) is 0 Å². The Morgan fingerprint density at radius 1 is 1.24 bits per heavy atom. The number of nitrogens with one attached hydrogen (secondary N) is 1. The van der Waals surface area contributed by atoms with Gasteiger partial charge in [0.1, 0.15) is 11.5 Å². The van der Waals surface area contributed by atoms with Crippen LogP contribution in [0, 0.1) is 0 Å². The Labute approximate surface area is 155 Å². The first kappa shape index (κ1) is 17.8. The highest BCUT2D eigenvalue weighted by Crippen LogP contribution is 2.31. The van der Waals surface area contributed by atoms with Crippen molar-refractivity contribution in [3.05, 3.63) is 48.4 Å². The van der Waals surface area contributed by atoms with E-state index in [9.17, 15) is 0 Å². The number of nitrogens with zero attached hydrogens (tertiary/aromatic N) is 1. The van der Waals surface area contributed by atoms with Crippen LogP contribution in [-0.2, 0) is 0 Å². The molecular weight excluding hydrogens is 332 g/mol. The van der Waals surface area contributed by atoms with Crippen LogP contribution >= 0.6 is 12.2 Å². The van der Waals surface area contributed by atoms with Crippen molar-refractivity contribution in [2.75, 3.05) is 12.4 Å². The van der Waals surface area contributed by atoms with Crippen LogP contribution in [0.2, 0.25) is 0 Å². The number of benzene rings is 1. The van der Waals surface area contributed by atoms with E-state index >= 15 is 0 Å². The summed E-state index contributed by atoms with van der Waals surface area (Å²) in [5.41, 5.74) is 0.941. The highest BCUT2D eigenvalue weighted by Gasteiger charge is 2.29. The van der Waals surface area contributed by atoms with Crippen molar-refractivity contribution in [2.24, 2.45) is 0 Å². The van der Waals surface area contributed by atoms with Crippen molar-refractivity contribution in [1.82, 2.24) is 4.90 Å². The molecule has 1 atom stereocenters. The Morgan fingerprint density at radius 2 is 2.04 bits per heavy atom. The summed E-state index contributed by atoms with van der Waals surface area (Å²) in [6, 6.07) is 12.4. The van der Waals surface area contributed by atoms with E-state index in [1.807, 2.05) is 36.4 Å². The molecule has 1 N–H and O–H groups in total. The monoisotopic (exact) mass is 358 g/mol. The first-order chi connectivity index (χ1) is 12.2. The number of ether oxygens (including phenoxy) is 1. The number of thiocarbonyl (C=S) groups is 1. The Kier molecular flexibility index (Phi) is 5.97. The molecule has 1 aliphatic carbocycles. The van der Waals surface area contributed by atoms with E-state index in [4.69, 9.17) is 21.4 Å². The first-order valence-corrected chi connectivity index (χ1v) is 9.36. The Morgan fingerprint density at radius 3 is 2.72 bits per heavy atom. The molecule has 1 aromatic heterocycles. The minimum Gasteiger partial charge on any atom is -0.497 e. The van der Waals surface area contributed by atoms with E-state index in [2.05, 4.69) is 17.1 Å². The highest BCUT2D eigenvalue weighted by atomic mass is 32.1. The summed E-state index contributed by atoms with van der Waals surface area (Å²) in [6.07, 6.45) is 7.90. The van der Waals surface area contributed by atoms with E-state index in [-0.39, 0.29) is 6.04 Å². The van der Waals surface area contributed by atoms with Gasteiger partial charge >= 0.3 is 0 Å². The average molecular weight is 359 g/mol. The quantitative estimate of drug-likeness (QED) is 0.726. The molecule has 3 rings (SSSR count). The third-order valence-electron chi connectivity index (χ3n) is 4.90. The van der Waals surface area contributed by atoms with Gasteiger partial charge in [-0.1, -0.05) is 25.3 Å². The van der Waals surface area contributed by atoms with Gasteiger partial charge in [0.2, 0.25) is 0 Å². The van der Waals surface area contributed by atoms with Gasteiger partial charge in [-0.15, -0.1) is 0 Å². The molecule has 2 aromatic rings. The lowest BCUT2D eigenvalue weighted by atomic mass is 9.93. The van der Waals surface area contributed by atoms with Crippen molar-refractivity contribution in [3.8, 4) is 5.75 Å². The fraction of sp³-hybridized carbons (Fsp3) is 0.450. The van der Waals surface area contributed by atoms with E-state index in [0.717, 1.165) is 22.3 Å². The molecule has 0 radical (unpaired) electrons. The van der Waals surface area contributed by atoms with E-state index < -0.39 is 0 Å². The topological polar surface area (TPSA) is 37.6 Å². The molecule has 1 saturated carbocycles. The molecular formula is C20H26N2O2S. The van der Waals surface area contributed by atoms with Crippen LogP contribution in [0.1, 0.15) is 50.8 Å². The predicted molar refractivity (Wildman–Crippen MR) is 105 cm³/mol. The molecule has 0 spiro atoms. The van der Waals surface area contributed by atoms with Crippen molar-refractivity contribution >= 4 is 23.0 Å². The maximum atomic E-state index is 5.80. The molecule has 5 heteroatoms. The van der Waals surface area contributed by atoms with Crippen molar-refractivity contribution in [1.29, 1.82) is 0 Å². The van der Waals surface area contributed by atoms with Gasteiger partial charge in [-0.2, -0.15) is 0 Å². The molecule has 1 aliphatic rings. The van der Waals surface area contributed by atoms with Crippen LogP contribution in [0.5, 0.6) is 5.75 Å². The smallest absolute Gasteiger partial charge is 0.174 e. The summed E-state index contributed by atoms with van der Waals surface area (Å²) >= 11 is 5.80. The van der Waals surface area contributed by atoms with E-state index in [1.165, 1.54) is 32.1 Å². The van der Waals surface area contributed by atoms with Crippen molar-refractivity contribution in [2.45, 2.75) is 51.1 Å². The lowest BCUT2D eigenvalue weighted by molar-refractivity contribution is 0.186. The molecule has 1 aromatic carbocycles. The normalized spacial score (nSPS) is 16.2. The summed E-state index contributed by atoms with van der Waals surface area (Å²) in [7, 11) is 1.67. The molecule has 0 amide bonds. The summed E-state index contributed by atoms with van der Waals surface area (Å²) < 4.78 is 11.0. The molecule has 0 unspecified atom stereocenters. The number of rotatable bonds is 5. The standard InChI is InChI=1S/C20H26N2O2S/c1-15(19-12-7-13-24-19)22(17-9-4-3-5-10-17)20(25)21-16-8-6-11-18(14-16)23-2/h6-8,11-15,17H,3-5,9-10H2,1-2H3,(H,21,25)/t15-/m0/s1. The summed E-state index contributed by atoms with van der Waals surface area (Å²) in [5, 5.41) is 4.13. The molecule has 4 nitrogen and oxygen atoms in total. The average Bonchev–Trinajstić information content (AvgIpc) is 3.17. The van der Waals surface area contributed by atoms with Gasteiger partial charge in [0, 0.05) is 17.8 Å². The second-order valence-electron chi connectivity index (χ2n) is 6.55. The second-order valence-corrected chi connectivity index (χ2v) is 6.94. The molecule has 134 valence electrons. The van der Waals surface area contributed by atoms with Crippen LogP contribution in [0.25, 0.3) is 0 Å². The van der Waals surface area contributed by atoms with Gasteiger partial charge < -0.3 is 19.4 Å². The summed E-state index contributed by atoms with van der Waals surface area (Å²) in [5.74, 6) is 1.76. The SMILES string of the molecule is COc1cccc(NC(=S)N(C2CCCCC2)[C@@H](C)c2ccco2)c1. The zero-order valence-electron chi connectivity index (χ0n) is 14.9. The molecule has 25 heavy (non-hydrogen) atoms. The first-order valence-electron chi connectivity index (χ1n) is 8.96. The maximum absolute atomic E-state index is 5.80. The maximum Gasteiger partial charge on any atom is 0.174 e. The van der Waals surface area contributed by atoms with Gasteiger partial charge in [0.25, 0.3) is 0 Å². The third kappa shape index (κ3) is 4.34. The number of hydrogen-bond acceptors (Lipinski definition) is 3. The van der Waals surface area contributed by atoms with Crippen molar-refractivity contribution < 1.29 is 9.15 Å². The third-order valence-corrected chi connectivity index (χ3v) is 5.21. The van der Waals surface area contributed by atoms with Gasteiger partial charge in [0.05, 0.1) is 19.4 Å². The number of methoxy groups -OCH3 is 1. The Balaban J connectivity index is 1.80. The second kappa shape index (κ2) is 8.39. The van der Waals surface area contributed by atoms with Gasteiger partial charge in [-0.25, -0.2) is 0 Å². The van der Waals surface area contributed by atoms with Crippen LogP contribution in [-0.4, -0.2) is 23.2 Å². The van der Waals surface area contributed by atoms with Crippen LogP contribution < -0.4 is 10.1 Å². The molecule has 0 bridgehead atoms. The number of furan rings is 1. The van der Waals surface area contributed by atoms with Gasteiger partial charge in [0.15, 0.2) is 5.11 Å². The fourth-order valence-electron chi connectivity index (χ4n) is 3.57. The Bertz CT molecular complexity index is 681. The number of hydrogen-bond donors (Lipinski definition) is 1. The van der Waals surface area contributed by atoms with E-state index in [0.29, 0.717) is 6.04 Å². The molecule has 0 saturated heterocycles. The fourth-order valence-corrected chi connectivity index (χ4v) is 4.00. The van der Waals surface area contributed by atoms with Crippen LogP contribution in [0.4, 0.5) is 5.69 Å². The minimum atomic E-state index is 0.101. The van der Waals surface area contributed by atoms with Gasteiger partial charge in [-0.05, 0) is 56.2 Å². The zero-order chi connectivity index (χ0) is 17.6. The Hall–Kier alpha value is -2.01. The lowest BCUT2D eigenvalue weighted by Gasteiger charge is -2.39. The minimum absolute atomic E-state index is 0.101.